The molecule has 1 heteroatoms. The van der Waals surface area contributed by atoms with Gasteiger partial charge in [0.1, 0.15) is 6.54 Å². The number of nitrogens with zero attached hydrogens (tertiary/aromatic N) is 1. The van der Waals surface area contributed by atoms with E-state index < -0.39 is 0 Å². The van der Waals surface area contributed by atoms with Crippen molar-refractivity contribution in [1.82, 2.24) is 0 Å². The molecule has 0 bridgehead atoms. The van der Waals surface area contributed by atoms with Crippen molar-refractivity contribution in [3.63, 3.8) is 0 Å². The Morgan fingerprint density at radius 3 is 1.54 bits per heavy atom. The van der Waals surface area contributed by atoms with Crippen LogP contribution in [0.5, 0.6) is 0 Å². The normalized spacial score (nSPS) is 11.8. The summed E-state index contributed by atoms with van der Waals surface area (Å²) in [4.78, 5) is 0. The monoisotopic (exact) mass is 360 g/mol. The number of hydrogen-bond donors (Lipinski definition) is 0. The molecule has 0 aromatic heterocycles. The fourth-order valence-corrected chi connectivity index (χ4v) is 4.13. The molecule has 1 aromatic rings. The molecule has 0 N–H and O–H groups in total. The average Bonchev–Trinajstić information content (AvgIpc) is 2.68. The summed E-state index contributed by atoms with van der Waals surface area (Å²) in [5.41, 5.74) is 3.19. The third-order valence-corrected chi connectivity index (χ3v) is 6.44. The summed E-state index contributed by atoms with van der Waals surface area (Å²) in [5, 5.41) is 0. The Morgan fingerprint density at radius 1 is 0.577 bits per heavy atom. The topological polar surface area (TPSA) is 0 Å². The fraction of sp³-hybridized carbons (Fsp3) is 0.760. The van der Waals surface area contributed by atoms with Crippen LogP contribution in [-0.4, -0.2) is 24.1 Å². The molecule has 0 aliphatic heterocycles. The molecule has 0 radical (unpaired) electrons. The number of hydrogen-bond acceptors (Lipinski definition) is 0. The fourth-order valence-electron chi connectivity index (χ4n) is 4.13. The maximum Gasteiger partial charge on any atom is 0.105 e. The maximum absolute atomic E-state index is 2.37. The summed E-state index contributed by atoms with van der Waals surface area (Å²) in [6, 6.07) is 9.21. The molecule has 0 saturated carbocycles. The second-order valence-corrected chi connectivity index (χ2v) is 8.15. The van der Waals surface area contributed by atoms with Gasteiger partial charge >= 0.3 is 0 Å². The van der Waals surface area contributed by atoms with Crippen LogP contribution in [0, 0.1) is 0 Å². The van der Waals surface area contributed by atoms with E-state index in [1.807, 2.05) is 0 Å². The van der Waals surface area contributed by atoms with Crippen LogP contribution >= 0.6 is 0 Å². The number of aryl methyl sites for hydroxylation is 1. The zero-order valence-electron chi connectivity index (χ0n) is 18.4. The molecule has 0 unspecified atom stereocenters. The second-order valence-electron chi connectivity index (χ2n) is 8.15. The molecule has 0 fully saturated rings. The van der Waals surface area contributed by atoms with Crippen molar-refractivity contribution in [2.45, 2.75) is 105 Å². The number of rotatable bonds is 16. The summed E-state index contributed by atoms with van der Waals surface area (Å²) >= 11 is 0. The molecule has 1 aromatic carbocycles. The van der Waals surface area contributed by atoms with Gasteiger partial charge in [0, 0.05) is 5.56 Å². The molecule has 150 valence electrons. The minimum atomic E-state index is 1.21. The van der Waals surface area contributed by atoms with E-state index in [0.717, 1.165) is 0 Å². The number of unbranched alkanes of at least 4 members (excludes halogenated alkanes) is 9. The minimum Gasteiger partial charge on any atom is -0.321 e. The van der Waals surface area contributed by atoms with E-state index in [4.69, 9.17) is 0 Å². The molecule has 0 amide bonds. The highest BCUT2D eigenvalue weighted by atomic mass is 15.3. The van der Waals surface area contributed by atoms with Gasteiger partial charge in [-0.2, -0.15) is 0 Å². The molecule has 0 atom stereocenters. The minimum absolute atomic E-state index is 1.21. The Morgan fingerprint density at radius 2 is 1.04 bits per heavy atom. The Hall–Kier alpha value is -0.820. The van der Waals surface area contributed by atoms with Crippen LogP contribution in [0.2, 0.25) is 0 Å². The lowest BCUT2D eigenvalue weighted by Crippen LogP contribution is -2.46. The molecule has 0 saturated heterocycles. The van der Waals surface area contributed by atoms with Crippen molar-refractivity contribution < 1.29 is 4.48 Å². The molecule has 26 heavy (non-hydrogen) atoms. The van der Waals surface area contributed by atoms with Gasteiger partial charge in [0.15, 0.2) is 0 Å². The molecular formula is C25H46N+. The number of benzene rings is 1. The Labute approximate surface area is 164 Å². The summed E-state index contributed by atoms with van der Waals surface area (Å²) in [6.07, 6.45) is 15.5. The van der Waals surface area contributed by atoms with Crippen molar-refractivity contribution >= 4 is 0 Å². The van der Waals surface area contributed by atoms with Crippen molar-refractivity contribution in [3.8, 4) is 0 Å². The molecule has 1 nitrogen and oxygen atoms in total. The van der Waals surface area contributed by atoms with Gasteiger partial charge in [0.05, 0.1) is 19.6 Å². The predicted octanol–water partition coefficient (Wildman–Crippen LogP) is 7.53. The molecule has 0 aliphatic rings. The highest BCUT2D eigenvalue weighted by Gasteiger charge is 2.22. The van der Waals surface area contributed by atoms with Crippen LogP contribution in [0.3, 0.4) is 0 Å². The standard InChI is InChI=1S/C25H46N/c1-5-9-10-11-12-13-14-15-16-17-20-24-21-18-19-22-25(24)23-26(6-2,7-3)8-4/h18-19,21-22H,5-17,20,23H2,1-4H3/q+1. The Kier molecular flexibility index (Phi) is 12.7. The average molecular weight is 361 g/mol. The summed E-state index contributed by atoms with van der Waals surface area (Å²) in [6.45, 7) is 14.2. The van der Waals surface area contributed by atoms with E-state index in [0.29, 0.717) is 0 Å². The van der Waals surface area contributed by atoms with Crippen LogP contribution in [0.15, 0.2) is 24.3 Å². The lowest BCUT2D eigenvalue weighted by molar-refractivity contribution is -0.936. The van der Waals surface area contributed by atoms with Gasteiger partial charge in [-0.3, -0.25) is 0 Å². The third kappa shape index (κ3) is 8.71. The van der Waals surface area contributed by atoms with Gasteiger partial charge in [-0.05, 0) is 39.2 Å². The van der Waals surface area contributed by atoms with Crippen LogP contribution in [0.1, 0.15) is 103 Å². The van der Waals surface area contributed by atoms with Gasteiger partial charge in [-0.1, -0.05) is 89.0 Å². The lowest BCUT2D eigenvalue weighted by atomic mass is 9.99. The van der Waals surface area contributed by atoms with E-state index in [2.05, 4.69) is 52.0 Å². The highest BCUT2D eigenvalue weighted by Crippen LogP contribution is 2.20. The molecule has 0 heterocycles. The van der Waals surface area contributed by atoms with Crippen molar-refractivity contribution in [2.75, 3.05) is 19.6 Å². The van der Waals surface area contributed by atoms with Gasteiger partial charge in [0.25, 0.3) is 0 Å². The Bertz CT molecular complexity index is 439. The maximum atomic E-state index is 2.37. The first kappa shape index (κ1) is 23.2. The van der Waals surface area contributed by atoms with Gasteiger partial charge in [-0.25, -0.2) is 0 Å². The van der Waals surface area contributed by atoms with Crippen LogP contribution in [0.4, 0.5) is 0 Å². The molecule has 0 spiro atoms. The van der Waals surface area contributed by atoms with E-state index >= 15 is 0 Å². The largest absolute Gasteiger partial charge is 0.321 e. The Balaban J connectivity index is 2.31. The van der Waals surface area contributed by atoms with E-state index in [1.54, 1.807) is 11.1 Å². The third-order valence-electron chi connectivity index (χ3n) is 6.44. The zero-order valence-corrected chi connectivity index (χ0v) is 18.4. The second kappa shape index (κ2) is 14.3. The van der Waals surface area contributed by atoms with Crippen LogP contribution in [0.25, 0.3) is 0 Å². The van der Waals surface area contributed by atoms with Crippen molar-refractivity contribution in [2.24, 2.45) is 0 Å². The molecule has 1 rings (SSSR count). The van der Waals surface area contributed by atoms with Gasteiger partial charge in [-0.15, -0.1) is 0 Å². The van der Waals surface area contributed by atoms with Crippen LogP contribution < -0.4 is 0 Å². The van der Waals surface area contributed by atoms with Crippen molar-refractivity contribution in [3.05, 3.63) is 35.4 Å². The van der Waals surface area contributed by atoms with Crippen molar-refractivity contribution in [1.29, 1.82) is 0 Å². The first-order valence-corrected chi connectivity index (χ1v) is 11.6. The van der Waals surface area contributed by atoms with E-state index in [1.165, 1.54) is 101 Å². The first-order valence-electron chi connectivity index (χ1n) is 11.6. The summed E-state index contributed by atoms with van der Waals surface area (Å²) in [7, 11) is 0. The predicted molar refractivity (Wildman–Crippen MR) is 118 cm³/mol. The SMILES string of the molecule is CCCCCCCCCCCCc1ccccc1C[N+](CC)(CC)CC. The number of quaternary nitrogens is 1. The summed E-state index contributed by atoms with van der Waals surface area (Å²) < 4.78 is 1.22. The quantitative estimate of drug-likeness (QED) is 0.211. The smallest absolute Gasteiger partial charge is 0.105 e. The zero-order chi connectivity index (χ0) is 19.1. The summed E-state index contributed by atoms with van der Waals surface area (Å²) in [5.74, 6) is 0. The van der Waals surface area contributed by atoms with E-state index in [9.17, 15) is 0 Å². The first-order chi connectivity index (χ1) is 12.7. The lowest BCUT2D eigenvalue weighted by Gasteiger charge is -2.36. The van der Waals surface area contributed by atoms with E-state index in [-0.39, 0.29) is 0 Å². The van der Waals surface area contributed by atoms with Crippen LogP contribution in [-0.2, 0) is 13.0 Å². The van der Waals surface area contributed by atoms with Gasteiger partial charge < -0.3 is 4.48 Å². The highest BCUT2D eigenvalue weighted by molar-refractivity contribution is 5.26. The molecule has 0 aliphatic carbocycles. The van der Waals surface area contributed by atoms with Gasteiger partial charge in [0.2, 0.25) is 0 Å². The molecular weight excluding hydrogens is 314 g/mol.